The van der Waals surface area contributed by atoms with E-state index in [1.165, 1.54) is 0 Å². The minimum absolute atomic E-state index is 0.670. The third-order valence-electron chi connectivity index (χ3n) is 8.98. The molecule has 1 aliphatic rings. The summed E-state index contributed by atoms with van der Waals surface area (Å²) < 4.78 is 28.6. The van der Waals surface area contributed by atoms with Gasteiger partial charge in [0.15, 0.2) is 30.1 Å². The fraction of sp³-hybridized carbons (Fsp3) is 0. The highest BCUT2D eigenvalue weighted by Gasteiger charge is 2.32. The van der Waals surface area contributed by atoms with Crippen molar-refractivity contribution in [3.05, 3.63) is 164 Å². The second kappa shape index (κ2) is 10.5. The van der Waals surface area contributed by atoms with Gasteiger partial charge in [0.1, 0.15) is 0 Å². The maximum absolute atomic E-state index is 15.5. The van der Waals surface area contributed by atoms with Crippen molar-refractivity contribution in [1.29, 1.82) is 0 Å². The fourth-order valence-corrected chi connectivity index (χ4v) is 9.67. The number of hydrogen-bond acceptors (Lipinski definition) is 3. The first-order valence-corrected chi connectivity index (χ1v) is 17.1. The van der Waals surface area contributed by atoms with Crippen molar-refractivity contribution in [3.63, 3.8) is 0 Å². The molecule has 0 aromatic heterocycles. The van der Waals surface area contributed by atoms with Crippen molar-refractivity contribution in [2.45, 2.75) is 0 Å². The van der Waals surface area contributed by atoms with Gasteiger partial charge in [-0.3, -0.25) is 0 Å². The van der Waals surface area contributed by atoms with Gasteiger partial charge in [0.2, 0.25) is 0 Å². The van der Waals surface area contributed by atoms with Crippen LogP contribution in [-0.4, -0.2) is 0 Å². The Bertz CT molecular complexity index is 2460. The second-order valence-electron chi connectivity index (χ2n) is 11.6. The van der Waals surface area contributed by atoms with Gasteiger partial charge in [-0.25, -0.2) is 0 Å². The molecule has 218 valence electrons. The molecule has 0 bridgehead atoms. The zero-order chi connectivity index (χ0) is 30.7. The molecule has 8 aromatic rings. The maximum Gasteiger partial charge on any atom is 0.177 e. The summed E-state index contributed by atoms with van der Waals surface area (Å²) in [6.45, 7) is 0. The maximum atomic E-state index is 15.5. The third kappa shape index (κ3) is 4.10. The lowest BCUT2D eigenvalue weighted by Gasteiger charge is -2.25. The van der Waals surface area contributed by atoms with E-state index in [4.69, 9.17) is 9.47 Å². The van der Waals surface area contributed by atoms with Gasteiger partial charge in [-0.15, -0.1) is 0 Å². The number of hydrogen-bond donors (Lipinski definition) is 0. The molecule has 0 N–H and O–H groups in total. The first kappa shape index (κ1) is 26.7. The molecule has 1 aliphatic heterocycles. The Morgan fingerprint density at radius 1 is 0.391 bits per heavy atom. The summed E-state index contributed by atoms with van der Waals surface area (Å²) in [5.41, 5.74) is 2.07. The highest BCUT2D eigenvalue weighted by molar-refractivity contribution is 7.85. The first-order chi connectivity index (χ1) is 22.7. The Balaban J connectivity index is 1.27. The van der Waals surface area contributed by atoms with Crippen LogP contribution in [0, 0.1) is 0 Å². The van der Waals surface area contributed by atoms with Crippen molar-refractivity contribution in [2.75, 3.05) is 0 Å². The molecule has 0 aliphatic carbocycles. The van der Waals surface area contributed by atoms with Crippen molar-refractivity contribution < 1.29 is 14.0 Å². The van der Waals surface area contributed by atoms with Crippen molar-refractivity contribution in [2.24, 2.45) is 0 Å². The van der Waals surface area contributed by atoms with E-state index in [0.717, 1.165) is 59.4 Å². The summed E-state index contributed by atoms with van der Waals surface area (Å²) in [5.74, 6) is 2.78. The lowest BCUT2D eigenvalue weighted by molar-refractivity contribution is 0.364. The number of rotatable bonds is 4. The zero-order valence-corrected chi connectivity index (χ0v) is 25.7. The Kier molecular flexibility index (Phi) is 6.09. The van der Waals surface area contributed by atoms with Crippen LogP contribution >= 0.6 is 7.14 Å². The Hall–Kier alpha value is -5.63. The van der Waals surface area contributed by atoms with Crippen LogP contribution in [0.1, 0.15) is 0 Å². The summed E-state index contributed by atoms with van der Waals surface area (Å²) in [5, 5.41) is 8.67. The van der Waals surface area contributed by atoms with Crippen LogP contribution in [0.4, 0.5) is 0 Å². The molecule has 0 spiro atoms. The van der Waals surface area contributed by atoms with Gasteiger partial charge in [0.05, 0.1) is 0 Å². The molecule has 0 amide bonds. The van der Waals surface area contributed by atoms with Gasteiger partial charge < -0.3 is 14.0 Å². The molecule has 3 nitrogen and oxygen atoms in total. The summed E-state index contributed by atoms with van der Waals surface area (Å²) in [4.78, 5) is 0. The predicted octanol–water partition coefficient (Wildman–Crippen LogP) is 10.4. The van der Waals surface area contributed by atoms with Gasteiger partial charge >= 0.3 is 0 Å². The Labute approximate surface area is 266 Å². The Morgan fingerprint density at radius 3 is 1.52 bits per heavy atom. The molecular formula is C42H27O3P. The van der Waals surface area contributed by atoms with Gasteiger partial charge in [0, 0.05) is 21.3 Å². The normalized spacial score (nSPS) is 12.3. The fourth-order valence-electron chi connectivity index (χ4n) is 6.81. The van der Waals surface area contributed by atoms with Gasteiger partial charge in [-0.2, -0.15) is 0 Å². The summed E-state index contributed by atoms with van der Waals surface area (Å²) in [7, 11) is -3.20. The smallest absolute Gasteiger partial charge is 0.177 e. The van der Waals surface area contributed by atoms with Gasteiger partial charge in [0.25, 0.3) is 0 Å². The van der Waals surface area contributed by atoms with Crippen LogP contribution < -0.4 is 25.4 Å². The molecule has 0 radical (unpaired) electrons. The second-order valence-corrected chi connectivity index (χ2v) is 14.3. The van der Waals surface area contributed by atoms with Crippen LogP contribution in [0.5, 0.6) is 23.0 Å². The van der Waals surface area contributed by atoms with E-state index in [1.807, 2.05) is 103 Å². The average Bonchev–Trinajstić information content (AvgIpc) is 3.13. The summed E-state index contributed by atoms with van der Waals surface area (Å²) in [6, 6.07) is 54.9. The number of fused-ring (bicyclic) bond motifs is 6. The zero-order valence-electron chi connectivity index (χ0n) is 24.8. The van der Waals surface area contributed by atoms with Crippen LogP contribution in [-0.2, 0) is 4.57 Å². The van der Waals surface area contributed by atoms with E-state index in [0.29, 0.717) is 23.0 Å². The monoisotopic (exact) mass is 610 g/mol. The van der Waals surface area contributed by atoms with E-state index < -0.39 is 7.14 Å². The molecule has 4 heteroatoms. The molecule has 0 saturated heterocycles. The lowest BCUT2D eigenvalue weighted by Crippen LogP contribution is -2.25. The minimum atomic E-state index is -3.20. The highest BCUT2D eigenvalue weighted by atomic mass is 31.2. The van der Waals surface area contributed by atoms with E-state index >= 15 is 4.57 Å². The molecule has 46 heavy (non-hydrogen) atoms. The molecule has 0 fully saturated rings. The topological polar surface area (TPSA) is 35.5 Å². The van der Waals surface area contributed by atoms with Crippen LogP contribution in [0.3, 0.4) is 0 Å². The van der Waals surface area contributed by atoms with E-state index in [9.17, 15) is 0 Å². The average molecular weight is 611 g/mol. The lowest BCUT2D eigenvalue weighted by atomic mass is 9.93. The number of ether oxygens (including phenoxy) is 2. The van der Waals surface area contributed by atoms with Crippen LogP contribution in [0.15, 0.2) is 164 Å². The molecule has 0 unspecified atom stereocenters. The molecule has 8 aromatic carbocycles. The molecular weight excluding hydrogens is 583 g/mol. The molecule has 0 saturated carbocycles. The number of benzene rings is 8. The molecule has 9 rings (SSSR count). The highest BCUT2D eigenvalue weighted by Crippen LogP contribution is 2.53. The van der Waals surface area contributed by atoms with E-state index in [2.05, 4.69) is 60.7 Å². The third-order valence-corrected chi connectivity index (χ3v) is 12.1. The minimum Gasteiger partial charge on any atom is -0.449 e. The van der Waals surface area contributed by atoms with Crippen LogP contribution in [0.2, 0.25) is 0 Å². The molecule has 0 atom stereocenters. The van der Waals surface area contributed by atoms with Crippen LogP contribution in [0.25, 0.3) is 43.4 Å². The first-order valence-electron chi connectivity index (χ1n) is 15.4. The quantitative estimate of drug-likeness (QED) is 0.186. The standard InChI is InChI=1S/C42H27O3P/c43-46(30-15-3-1-4-16-30,31-17-5-2-6-18-31)41-24-23-34(32-19-9-11-21-35(32)41)37-27-40-42(36-22-12-10-20-33(36)37)45-39-26-29-14-8-7-13-28(29)25-38(39)44-40/h1-27H. The largest absolute Gasteiger partial charge is 0.449 e. The van der Waals surface area contributed by atoms with Crippen molar-refractivity contribution in [3.8, 4) is 34.1 Å². The summed E-state index contributed by atoms with van der Waals surface area (Å²) in [6.07, 6.45) is 0. The van der Waals surface area contributed by atoms with Crippen molar-refractivity contribution >= 4 is 55.4 Å². The molecule has 1 heterocycles. The SMILES string of the molecule is O=P(c1ccccc1)(c1ccccc1)c1ccc(-c2cc3c(c4ccccc24)Oc2cc4ccccc4cc2O3)c2ccccc12. The van der Waals surface area contributed by atoms with Gasteiger partial charge in [-0.1, -0.05) is 140 Å². The predicted molar refractivity (Wildman–Crippen MR) is 190 cm³/mol. The van der Waals surface area contributed by atoms with Crippen molar-refractivity contribution in [1.82, 2.24) is 0 Å². The Morgan fingerprint density at radius 2 is 0.891 bits per heavy atom. The summed E-state index contributed by atoms with van der Waals surface area (Å²) >= 11 is 0. The van der Waals surface area contributed by atoms with E-state index in [1.54, 1.807) is 0 Å². The van der Waals surface area contributed by atoms with E-state index in [-0.39, 0.29) is 0 Å². The van der Waals surface area contributed by atoms with Gasteiger partial charge in [-0.05, 0) is 62.3 Å².